The Morgan fingerprint density at radius 1 is 1.89 bits per heavy atom. The maximum absolute atomic E-state index is 10.6. The van der Waals surface area contributed by atoms with Gasteiger partial charge >= 0.3 is 5.97 Å². The van der Waals surface area contributed by atoms with Gasteiger partial charge in [0.15, 0.2) is 0 Å². The van der Waals surface area contributed by atoms with E-state index in [2.05, 4.69) is 11.3 Å². The van der Waals surface area contributed by atoms with Gasteiger partial charge in [-0.1, -0.05) is 6.08 Å². The summed E-state index contributed by atoms with van der Waals surface area (Å²) in [6.45, 7) is 4.91. The maximum atomic E-state index is 10.6. The van der Waals surface area contributed by atoms with E-state index >= 15 is 0 Å². The fourth-order valence-corrected chi connectivity index (χ4v) is 0.303. The Morgan fingerprint density at radius 3 is 2.44 bits per heavy atom. The number of rotatable bonds is 2. The quantitative estimate of drug-likeness (QED) is 0.424. The lowest BCUT2D eigenvalue weighted by molar-refractivity contribution is -0.144. The Balaban J connectivity index is 4.14. The van der Waals surface area contributed by atoms with Gasteiger partial charge in [0.25, 0.3) is 0 Å². The van der Waals surface area contributed by atoms with E-state index in [9.17, 15) is 4.79 Å². The predicted octanol–water partition coefficient (Wildman–Crippen LogP) is 0.0628. The van der Waals surface area contributed by atoms with Crippen LogP contribution in [0.2, 0.25) is 0 Å². The Morgan fingerprint density at radius 2 is 2.33 bits per heavy atom. The van der Waals surface area contributed by atoms with Crippen LogP contribution in [-0.2, 0) is 9.53 Å². The van der Waals surface area contributed by atoms with Crippen molar-refractivity contribution >= 4 is 5.97 Å². The lowest BCUT2D eigenvalue weighted by atomic mass is 10.1. The highest BCUT2D eigenvalue weighted by molar-refractivity contribution is 5.82. The van der Waals surface area contributed by atoms with Crippen molar-refractivity contribution in [3.63, 3.8) is 0 Å². The van der Waals surface area contributed by atoms with Crippen molar-refractivity contribution in [1.29, 1.82) is 0 Å². The van der Waals surface area contributed by atoms with E-state index in [1.165, 1.54) is 20.1 Å². The summed E-state index contributed by atoms with van der Waals surface area (Å²) in [7, 11) is 1.29. The van der Waals surface area contributed by atoms with Gasteiger partial charge in [0.05, 0.1) is 7.11 Å². The molecule has 0 aromatic rings. The third kappa shape index (κ3) is 1.85. The van der Waals surface area contributed by atoms with Crippen LogP contribution in [0.25, 0.3) is 0 Å². The van der Waals surface area contributed by atoms with Gasteiger partial charge in [-0.05, 0) is 6.92 Å². The molecule has 0 aliphatic heterocycles. The molecule has 0 aromatic carbocycles. The van der Waals surface area contributed by atoms with Gasteiger partial charge in [0.1, 0.15) is 5.54 Å². The van der Waals surface area contributed by atoms with E-state index in [0.29, 0.717) is 0 Å². The number of methoxy groups -OCH3 is 1. The second kappa shape index (κ2) is 2.64. The topological polar surface area (TPSA) is 52.3 Å². The zero-order valence-electron chi connectivity index (χ0n) is 5.68. The number of nitrogens with two attached hydrogens (primary N) is 1. The summed E-state index contributed by atoms with van der Waals surface area (Å²) in [5.74, 6) is -0.475. The molecule has 3 nitrogen and oxygen atoms in total. The normalized spacial score (nSPS) is 15.9. The van der Waals surface area contributed by atoms with E-state index in [1.807, 2.05) is 0 Å². The van der Waals surface area contributed by atoms with Crippen molar-refractivity contribution in [2.24, 2.45) is 5.73 Å². The highest BCUT2D eigenvalue weighted by Gasteiger charge is 2.24. The molecule has 0 unspecified atom stereocenters. The fourth-order valence-electron chi connectivity index (χ4n) is 0.303. The molecule has 0 radical (unpaired) electrons. The number of hydrogen-bond donors (Lipinski definition) is 1. The van der Waals surface area contributed by atoms with Gasteiger partial charge in [0, 0.05) is 0 Å². The van der Waals surface area contributed by atoms with Crippen molar-refractivity contribution in [2.45, 2.75) is 12.5 Å². The zero-order chi connectivity index (χ0) is 7.49. The van der Waals surface area contributed by atoms with Crippen LogP contribution in [-0.4, -0.2) is 18.6 Å². The molecule has 2 N–H and O–H groups in total. The predicted molar refractivity (Wildman–Crippen MR) is 34.8 cm³/mol. The molecule has 52 valence electrons. The number of esters is 1. The van der Waals surface area contributed by atoms with Crippen LogP contribution in [0.3, 0.4) is 0 Å². The van der Waals surface area contributed by atoms with E-state index in [1.54, 1.807) is 0 Å². The highest BCUT2D eigenvalue weighted by atomic mass is 16.5. The first-order chi connectivity index (χ1) is 4.04. The molecule has 0 aliphatic rings. The van der Waals surface area contributed by atoms with Crippen LogP contribution in [0.4, 0.5) is 0 Å². The maximum Gasteiger partial charge on any atom is 0.329 e. The van der Waals surface area contributed by atoms with Gasteiger partial charge in [-0.3, -0.25) is 0 Å². The van der Waals surface area contributed by atoms with Crippen molar-refractivity contribution < 1.29 is 9.53 Å². The number of ether oxygens (including phenoxy) is 1. The van der Waals surface area contributed by atoms with Crippen LogP contribution in [0, 0.1) is 0 Å². The molecule has 0 bridgehead atoms. The monoisotopic (exact) mass is 129 g/mol. The number of hydrogen-bond acceptors (Lipinski definition) is 3. The first kappa shape index (κ1) is 8.17. The van der Waals surface area contributed by atoms with Crippen molar-refractivity contribution in [3.05, 3.63) is 12.7 Å². The van der Waals surface area contributed by atoms with Crippen LogP contribution in [0.5, 0.6) is 0 Å². The molecule has 9 heavy (non-hydrogen) atoms. The minimum absolute atomic E-state index is 0.475. The second-order valence-corrected chi connectivity index (χ2v) is 1.98. The molecule has 0 fully saturated rings. The van der Waals surface area contributed by atoms with Crippen LogP contribution >= 0.6 is 0 Å². The van der Waals surface area contributed by atoms with Crippen molar-refractivity contribution in [1.82, 2.24) is 0 Å². The molecule has 0 aliphatic carbocycles. The largest absolute Gasteiger partial charge is 0.467 e. The van der Waals surface area contributed by atoms with Crippen LogP contribution in [0.1, 0.15) is 6.92 Å². The van der Waals surface area contributed by atoms with Crippen molar-refractivity contribution in [2.75, 3.05) is 7.11 Å². The van der Waals surface area contributed by atoms with E-state index in [0.717, 1.165) is 0 Å². The Bertz CT molecular complexity index is 129. The Hall–Kier alpha value is -0.830. The molecule has 0 rings (SSSR count). The lowest BCUT2D eigenvalue weighted by Gasteiger charge is -2.15. The first-order valence-corrected chi connectivity index (χ1v) is 2.55. The molecule has 0 aromatic heterocycles. The minimum Gasteiger partial charge on any atom is -0.467 e. The lowest BCUT2D eigenvalue weighted by Crippen LogP contribution is -2.43. The number of carbonyl (C=O) groups is 1. The van der Waals surface area contributed by atoms with Crippen LogP contribution < -0.4 is 5.73 Å². The second-order valence-electron chi connectivity index (χ2n) is 1.98. The molecule has 1 atom stereocenters. The van der Waals surface area contributed by atoms with Gasteiger partial charge in [0.2, 0.25) is 0 Å². The SMILES string of the molecule is C=C[C@](C)(N)C(=O)OC. The van der Waals surface area contributed by atoms with Crippen LogP contribution in [0.15, 0.2) is 12.7 Å². The van der Waals surface area contributed by atoms with Gasteiger partial charge in [-0.2, -0.15) is 0 Å². The smallest absolute Gasteiger partial charge is 0.329 e. The summed E-state index contributed by atoms with van der Waals surface area (Å²) in [5.41, 5.74) is 4.33. The summed E-state index contributed by atoms with van der Waals surface area (Å²) >= 11 is 0. The summed E-state index contributed by atoms with van der Waals surface area (Å²) in [6, 6.07) is 0. The van der Waals surface area contributed by atoms with Gasteiger partial charge in [-0.15, -0.1) is 6.58 Å². The summed E-state index contributed by atoms with van der Waals surface area (Å²) in [5, 5.41) is 0. The molecule has 0 amide bonds. The van der Waals surface area contributed by atoms with Crippen molar-refractivity contribution in [3.8, 4) is 0 Å². The molecule has 0 heterocycles. The average Bonchev–Trinajstić information content (AvgIpc) is 1.86. The molecule has 0 saturated heterocycles. The molecule has 0 saturated carbocycles. The first-order valence-electron chi connectivity index (χ1n) is 2.55. The minimum atomic E-state index is -1.05. The van der Waals surface area contributed by atoms with Gasteiger partial charge in [-0.25, -0.2) is 4.79 Å². The molecular formula is C6H11NO2. The summed E-state index contributed by atoms with van der Waals surface area (Å²) in [6.07, 6.45) is 1.35. The third-order valence-corrected chi connectivity index (χ3v) is 1.05. The highest BCUT2D eigenvalue weighted by Crippen LogP contribution is 2.00. The molecule has 3 heteroatoms. The number of carbonyl (C=O) groups excluding carboxylic acids is 1. The summed E-state index contributed by atoms with van der Waals surface area (Å²) in [4.78, 5) is 10.6. The average molecular weight is 129 g/mol. The molecular weight excluding hydrogens is 118 g/mol. The Labute approximate surface area is 54.5 Å². The van der Waals surface area contributed by atoms with Gasteiger partial charge < -0.3 is 10.5 Å². The summed E-state index contributed by atoms with van der Waals surface area (Å²) < 4.78 is 4.37. The third-order valence-electron chi connectivity index (χ3n) is 1.05. The van der Waals surface area contributed by atoms with E-state index < -0.39 is 11.5 Å². The standard InChI is InChI=1S/C6H11NO2/c1-4-6(2,7)5(8)9-3/h4H,1,7H2,2-3H3/t6-/m0/s1. The Kier molecular flexibility index (Phi) is 2.40. The van der Waals surface area contributed by atoms with E-state index in [4.69, 9.17) is 5.73 Å². The fraction of sp³-hybridized carbons (Fsp3) is 0.500. The molecule has 0 spiro atoms. The zero-order valence-corrected chi connectivity index (χ0v) is 5.68. The van der Waals surface area contributed by atoms with E-state index in [-0.39, 0.29) is 0 Å².